The predicted octanol–water partition coefficient (Wildman–Crippen LogP) is 2.57. The Morgan fingerprint density at radius 3 is 2.95 bits per heavy atom. The fourth-order valence-corrected chi connectivity index (χ4v) is 2.68. The molecule has 1 aromatic rings. The van der Waals surface area contributed by atoms with E-state index in [1.54, 1.807) is 6.07 Å². The summed E-state index contributed by atoms with van der Waals surface area (Å²) in [6.45, 7) is 6.22. The second-order valence-electron chi connectivity index (χ2n) is 5.79. The Kier molecular flexibility index (Phi) is 4.90. The van der Waals surface area contributed by atoms with Crippen LogP contribution in [0.2, 0.25) is 0 Å². The number of rotatable bonds is 4. The normalized spacial score (nSPS) is 19.2. The molecule has 1 aliphatic rings. The Labute approximate surface area is 124 Å². The molecule has 1 heterocycles. The highest BCUT2D eigenvalue weighted by Crippen LogP contribution is 2.22. The molecule has 1 amide bonds. The number of carbonyl (C=O) groups is 1. The quantitative estimate of drug-likeness (QED) is 0.683. The Hall–Kier alpha value is -1.95. The van der Waals surface area contributed by atoms with Crippen LogP contribution in [0.4, 0.5) is 11.4 Å². The van der Waals surface area contributed by atoms with Crippen molar-refractivity contribution in [2.45, 2.75) is 26.7 Å². The number of hydrogen-bond donors (Lipinski definition) is 1. The summed E-state index contributed by atoms with van der Waals surface area (Å²) >= 11 is 0. The molecule has 0 radical (unpaired) electrons. The fraction of sp³-hybridized carbons (Fsp3) is 0.533. The minimum absolute atomic E-state index is 0.0116. The molecule has 0 saturated carbocycles. The first-order valence-electron chi connectivity index (χ1n) is 7.23. The van der Waals surface area contributed by atoms with E-state index in [9.17, 15) is 14.9 Å². The minimum Gasteiger partial charge on any atom is -0.324 e. The number of anilines is 1. The first kappa shape index (κ1) is 15.4. The average molecular weight is 291 g/mol. The second kappa shape index (κ2) is 6.67. The van der Waals surface area contributed by atoms with Crippen molar-refractivity contribution in [2.24, 2.45) is 5.92 Å². The van der Waals surface area contributed by atoms with E-state index < -0.39 is 4.92 Å². The maximum atomic E-state index is 12.1. The van der Waals surface area contributed by atoms with Gasteiger partial charge in [0.15, 0.2) is 0 Å². The molecule has 1 aromatic carbocycles. The summed E-state index contributed by atoms with van der Waals surface area (Å²) in [5.41, 5.74) is 1.32. The van der Waals surface area contributed by atoms with Crippen molar-refractivity contribution < 1.29 is 9.72 Å². The molecule has 0 aromatic heterocycles. The molecule has 1 aliphatic heterocycles. The van der Waals surface area contributed by atoms with Gasteiger partial charge in [-0.25, -0.2) is 0 Å². The lowest BCUT2D eigenvalue weighted by Gasteiger charge is -2.30. The number of aryl methyl sites for hydroxylation is 1. The highest BCUT2D eigenvalue weighted by Gasteiger charge is 2.19. The van der Waals surface area contributed by atoms with Gasteiger partial charge in [0.25, 0.3) is 5.69 Å². The number of amides is 1. The summed E-state index contributed by atoms with van der Waals surface area (Å²) in [5, 5.41) is 13.6. The topological polar surface area (TPSA) is 75.5 Å². The summed E-state index contributed by atoms with van der Waals surface area (Å²) in [6, 6.07) is 4.50. The van der Waals surface area contributed by atoms with Gasteiger partial charge >= 0.3 is 0 Å². The van der Waals surface area contributed by atoms with Gasteiger partial charge in [0.05, 0.1) is 17.2 Å². The van der Waals surface area contributed by atoms with Crippen molar-refractivity contribution >= 4 is 17.3 Å². The predicted molar refractivity (Wildman–Crippen MR) is 81.3 cm³/mol. The molecule has 1 saturated heterocycles. The highest BCUT2D eigenvalue weighted by atomic mass is 16.6. The number of nitro groups is 1. The molecule has 1 fully saturated rings. The molecule has 0 aliphatic carbocycles. The molecule has 0 spiro atoms. The zero-order valence-corrected chi connectivity index (χ0v) is 12.5. The molecular formula is C15H21N3O3. The van der Waals surface area contributed by atoms with E-state index >= 15 is 0 Å². The SMILES string of the molecule is Cc1ccc([N+](=O)[O-])cc1NC(=O)CN1CCC[C@@H](C)C1. The van der Waals surface area contributed by atoms with Gasteiger partial charge in [0, 0.05) is 18.7 Å². The molecule has 21 heavy (non-hydrogen) atoms. The molecule has 2 rings (SSSR count). The van der Waals surface area contributed by atoms with Crippen molar-refractivity contribution in [3.63, 3.8) is 0 Å². The number of carbonyl (C=O) groups excluding carboxylic acids is 1. The Morgan fingerprint density at radius 2 is 2.29 bits per heavy atom. The standard InChI is InChI=1S/C15H21N3O3/c1-11-4-3-7-17(9-11)10-15(19)16-14-8-13(18(20)21)6-5-12(14)2/h5-6,8,11H,3-4,7,9-10H2,1-2H3,(H,16,19)/t11-/m1/s1. The maximum absolute atomic E-state index is 12.1. The van der Waals surface area contributed by atoms with Gasteiger partial charge in [-0.1, -0.05) is 13.0 Å². The first-order chi connectivity index (χ1) is 9.95. The number of piperidine rings is 1. The van der Waals surface area contributed by atoms with Crippen LogP contribution < -0.4 is 5.32 Å². The van der Waals surface area contributed by atoms with Crippen LogP contribution in [0.25, 0.3) is 0 Å². The van der Waals surface area contributed by atoms with Gasteiger partial charge in [-0.2, -0.15) is 0 Å². The fourth-order valence-electron chi connectivity index (χ4n) is 2.68. The van der Waals surface area contributed by atoms with Gasteiger partial charge in [-0.05, 0) is 37.8 Å². The number of likely N-dealkylation sites (tertiary alicyclic amines) is 1. The molecular weight excluding hydrogens is 270 g/mol. The van der Waals surface area contributed by atoms with E-state index in [4.69, 9.17) is 0 Å². The first-order valence-corrected chi connectivity index (χ1v) is 7.23. The number of benzene rings is 1. The van der Waals surface area contributed by atoms with E-state index in [1.165, 1.54) is 18.6 Å². The van der Waals surface area contributed by atoms with E-state index in [-0.39, 0.29) is 11.6 Å². The molecule has 0 bridgehead atoms. The van der Waals surface area contributed by atoms with E-state index in [0.29, 0.717) is 18.2 Å². The van der Waals surface area contributed by atoms with Gasteiger partial charge < -0.3 is 5.32 Å². The monoisotopic (exact) mass is 291 g/mol. The van der Waals surface area contributed by atoms with Crippen LogP contribution in [0, 0.1) is 23.0 Å². The number of hydrogen-bond acceptors (Lipinski definition) is 4. The summed E-state index contributed by atoms with van der Waals surface area (Å²) in [6.07, 6.45) is 2.33. The summed E-state index contributed by atoms with van der Waals surface area (Å²) in [4.78, 5) is 24.6. The largest absolute Gasteiger partial charge is 0.324 e. The van der Waals surface area contributed by atoms with Gasteiger partial charge in [-0.15, -0.1) is 0 Å². The van der Waals surface area contributed by atoms with Crippen LogP contribution in [-0.2, 0) is 4.79 Å². The second-order valence-corrected chi connectivity index (χ2v) is 5.79. The lowest BCUT2D eigenvalue weighted by Crippen LogP contribution is -2.39. The van der Waals surface area contributed by atoms with Gasteiger partial charge in [0.2, 0.25) is 5.91 Å². The molecule has 1 N–H and O–H groups in total. The van der Waals surface area contributed by atoms with Crippen molar-refractivity contribution in [3.8, 4) is 0 Å². The van der Waals surface area contributed by atoms with Crippen molar-refractivity contribution in [2.75, 3.05) is 25.0 Å². The van der Waals surface area contributed by atoms with Gasteiger partial charge in [-0.3, -0.25) is 19.8 Å². The van der Waals surface area contributed by atoms with Crippen LogP contribution in [-0.4, -0.2) is 35.4 Å². The summed E-state index contributed by atoms with van der Waals surface area (Å²) < 4.78 is 0. The molecule has 114 valence electrons. The third kappa shape index (κ3) is 4.26. The summed E-state index contributed by atoms with van der Waals surface area (Å²) in [7, 11) is 0. The molecule has 6 nitrogen and oxygen atoms in total. The zero-order valence-electron chi connectivity index (χ0n) is 12.5. The molecule has 1 atom stereocenters. The number of nitro benzene ring substituents is 1. The van der Waals surface area contributed by atoms with Gasteiger partial charge in [0.1, 0.15) is 0 Å². The van der Waals surface area contributed by atoms with Crippen LogP contribution in [0.15, 0.2) is 18.2 Å². The third-order valence-corrected chi connectivity index (χ3v) is 3.81. The minimum atomic E-state index is -0.457. The Morgan fingerprint density at radius 1 is 1.52 bits per heavy atom. The third-order valence-electron chi connectivity index (χ3n) is 3.81. The van der Waals surface area contributed by atoms with Crippen LogP contribution in [0.5, 0.6) is 0 Å². The van der Waals surface area contributed by atoms with Crippen LogP contribution in [0.1, 0.15) is 25.3 Å². The van der Waals surface area contributed by atoms with Crippen molar-refractivity contribution in [1.29, 1.82) is 0 Å². The summed E-state index contributed by atoms with van der Waals surface area (Å²) in [5.74, 6) is 0.499. The van der Waals surface area contributed by atoms with Crippen LogP contribution >= 0.6 is 0 Å². The lowest BCUT2D eigenvalue weighted by atomic mass is 10.0. The molecule has 6 heteroatoms. The maximum Gasteiger partial charge on any atom is 0.271 e. The van der Waals surface area contributed by atoms with Crippen molar-refractivity contribution in [3.05, 3.63) is 33.9 Å². The number of non-ortho nitro benzene ring substituents is 1. The van der Waals surface area contributed by atoms with E-state index in [2.05, 4.69) is 17.1 Å². The lowest BCUT2D eigenvalue weighted by molar-refractivity contribution is -0.384. The average Bonchev–Trinajstić information content (AvgIpc) is 2.41. The smallest absolute Gasteiger partial charge is 0.271 e. The number of nitrogens with zero attached hydrogens (tertiary/aromatic N) is 2. The number of nitrogens with one attached hydrogen (secondary N) is 1. The highest BCUT2D eigenvalue weighted by molar-refractivity contribution is 5.93. The van der Waals surface area contributed by atoms with E-state index in [0.717, 1.165) is 25.1 Å². The van der Waals surface area contributed by atoms with Crippen molar-refractivity contribution in [1.82, 2.24) is 4.90 Å². The molecule has 0 unspecified atom stereocenters. The Bertz CT molecular complexity index is 545. The Balaban J connectivity index is 1.99. The zero-order chi connectivity index (χ0) is 15.4. The van der Waals surface area contributed by atoms with E-state index in [1.807, 2.05) is 6.92 Å². The van der Waals surface area contributed by atoms with Crippen LogP contribution in [0.3, 0.4) is 0 Å².